The molecule has 0 radical (unpaired) electrons. The van der Waals surface area contributed by atoms with E-state index in [9.17, 15) is 9.59 Å². The van der Waals surface area contributed by atoms with E-state index in [4.69, 9.17) is 5.26 Å². The Balaban J connectivity index is 0.00000342. The van der Waals surface area contributed by atoms with E-state index in [-0.39, 0.29) is 35.7 Å². The van der Waals surface area contributed by atoms with E-state index in [1.807, 2.05) is 36.0 Å². The number of amides is 2. The topological polar surface area (TPSA) is 105 Å². The van der Waals surface area contributed by atoms with Gasteiger partial charge in [0.2, 0.25) is 5.91 Å². The molecule has 1 fully saturated rings. The molecule has 0 saturated carbocycles. The van der Waals surface area contributed by atoms with E-state index in [1.54, 1.807) is 0 Å². The number of aromatic amines is 1. The maximum atomic E-state index is 12.8. The average Bonchev–Trinajstić information content (AvgIpc) is 3.34. The van der Waals surface area contributed by atoms with Crippen LogP contribution in [-0.2, 0) is 4.79 Å². The van der Waals surface area contributed by atoms with Crippen molar-refractivity contribution in [2.24, 2.45) is 0 Å². The first kappa shape index (κ1) is 26.5. The minimum absolute atomic E-state index is 0. The molecule has 0 bridgehead atoms. The van der Waals surface area contributed by atoms with Crippen LogP contribution in [0.4, 0.5) is 5.69 Å². The third-order valence-corrected chi connectivity index (χ3v) is 6.61. The van der Waals surface area contributed by atoms with Crippen LogP contribution in [0, 0.1) is 11.3 Å². The van der Waals surface area contributed by atoms with Gasteiger partial charge in [-0.3, -0.25) is 9.59 Å². The first-order valence-electron chi connectivity index (χ1n) is 12.0. The fourth-order valence-corrected chi connectivity index (χ4v) is 4.78. The molecule has 4 rings (SSSR count). The van der Waals surface area contributed by atoms with Gasteiger partial charge in [-0.2, -0.15) is 5.26 Å². The molecule has 2 heterocycles. The molecule has 2 amide bonds. The van der Waals surface area contributed by atoms with Crippen LogP contribution in [0.15, 0.2) is 30.5 Å². The van der Waals surface area contributed by atoms with Crippen LogP contribution in [0.2, 0.25) is 0 Å². The SMILES string of the molecule is CN(C)CC(=O)N1CCC(c2ccc(NC(=O)c3nc(C#N)c[nH]3)c(C3=CCCCC3)c2)CC1.Cl. The van der Waals surface area contributed by atoms with Gasteiger partial charge in [-0.25, -0.2) is 4.98 Å². The molecule has 8 nitrogen and oxygen atoms in total. The molecule has 35 heavy (non-hydrogen) atoms. The minimum Gasteiger partial charge on any atom is -0.342 e. The monoisotopic (exact) mass is 496 g/mol. The lowest BCUT2D eigenvalue weighted by Gasteiger charge is -2.33. The summed E-state index contributed by atoms with van der Waals surface area (Å²) in [7, 11) is 3.83. The quantitative estimate of drug-likeness (QED) is 0.624. The van der Waals surface area contributed by atoms with E-state index >= 15 is 0 Å². The van der Waals surface area contributed by atoms with Crippen molar-refractivity contribution in [3.63, 3.8) is 0 Å². The number of likely N-dealkylation sites (tertiary alicyclic amines) is 1. The molecule has 1 saturated heterocycles. The number of nitrogens with zero attached hydrogens (tertiary/aromatic N) is 4. The van der Waals surface area contributed by atoms with E-state index in [2.05, 4.69) is 33.5 Å². The maximum Gasteiger partial charge on any atom is 0.291 e. The number of allylic oxidation sites excluding steroid dienone is 2. The maximum absolute atomic E-state index is 12.8. The van der Waals surface area contributed by atoms with Crippen molar-refractivity contribution in [2.75, 3.05) is 39.0 Å². The second kappa shape index (κ2) is 12.0. The zero-order valence-corrected chi connectivity index (χ0v) is 21.2. The van der Waals surface area contributed by atoms with Crippen LogP contribution in [-0.4, -0.2) is 65.3 Å². The first-order chi connectivity index (χ1) is 16.4. The van der Waals surface area contributed by atoms with Gasteiger partial charge in [0.1, 0.15) is 6.07 Å². The van der Waals surface area contributed by atoms with E-state index in [0.29, 0.717) is 12.5 Å². The molecule has 1 aromatic carbocycles. The first-order valence-corrected chi connectivity index (χ1v) is 12.0. The number of likely N-dealkylation sites (N-methyl/N-ethyl adjacent to an activating group) is 1. The Hall–Kier alpha value is -3.15. The number of nitrogens with one attached hydrogen (secondary N) is 2. The molecule has 2 aromatic rings. The summed E-state index contributed by atoms with van der Waals surface area (Å²) in [6.45, 7) is 1.99. The van der Waals surface area contributed by atoms with Crippen LogP contribution in [0.5, 0.6) is 0 Å². The van der Waals surface area contributed by atoms with Crippen molar-refractivity contribution >= 4 is 35.5 Å². The highest BCUT2D eigenvalue weighted by molar-refractivity contribution is 6.03. The second-order valence-corrected chi connectivity index (χ2v) is 9.37. The van der Waals surface area contributed by atoms with Gasteiger partial charge in [0.05, 0.1) is 6.54 Å². The Morgan fingerprint density at radius 1 is 1.26 bits per heavy atom. The standard InChI is InChI=1S/C26H32N6O2.ClH/c1-31(2)17-24(33)32-12-10-18(11-13-32)20-8-9-23(22(14-20)19-6-4-3-5-7-19)30-26(34)25-28-16-21(15-27)29-25;/h6,8-9,14,16,18H,3-5,7,10-13,17H2,1-2H3,(H,28,29)(H,30,34);1H. The van der Waals surface area contributed by atoms with Gasteiger partial charge in [0.25, 0.3) is 5.91 Å². The number of hydrogen-bond donors (Lipinski definition) is 2. The number of aromatic nitrogens is 2. The van der Waals surface area contributed by atoms with Crippen molar-refractivity contribution in [1.82, 2.24) is 19.8 Å². The third kappa shape index (κ3) is 6.50. The Kier molecular flexibility index (Phi) is 9.07. The number of carbonyl (C=O) groups is 2. The summed E-state index contributed by atoms with van der Waals surface area (Å²) in [6, 6.07) is 8.23. The third-order valence-electron chi connectivity index (χ3n) is 6.61. The number of halogens is 1. The van der Waals surface area contributed by atoms with Gasteiger partial charge < -0.3 is 20.1 Å². The molecular weight excluding hydrogens is 464 g/mol. The van der Waals surface area contributed by atoms with Gasteiger partial charge in [-0.05, 0) is 81.8 Å². The Labute approximate surface area is 212 Å². The number of hydrogen-bond acceptors (Lipinski definition) is 5. The summed E-state index contributed by atoms with van der Waals surface area (Å²) in [4.78, 5) is 35.8. The Morgan fingerprint density at radius 3 is 2.66 bits per heavy atom. The van der Waals surface area contributed by atoms with Crippen molar-refractivity contribution < 1.29 is 9.59 Å². The van der Waals surface area contributed by atoms with Crippen molar-refractivity contribution in [3.8, 4) is 6.07 Å². The predicted molar refractivity (Wildman–Crippen MR) is 138 cm³/mol. The minimum atomic E-state index is -0.361. The molecule has 1 aromatic heterocycles. The normalized spacial score (nSPS) is 16.3. The fourth-order valence-electron chi connectivity index (χ4n) is 4.78. The number of imidazole rings is 1. The summed E-state index contributed by atoms with van der Waals surface area (Å²) in [5.74, 6) is 0.338. The Morgan fingerprint density at radius 2 is 2.03 bits per heavy atom. The Bertz CT molecular complexity index is 1130. The predicted octanol–water partition coefficient (Wildman–Crippen LogP) is 4.18. The van der Waals surface area contributed by atoms with Gasteiger partial charge >= 0.3 is 0 Å². The molecule has 1 aliphatic carbocycles. The molecular formula is C26H33ClN6O2. The highest BCUT2D eigenvalue weighted by atomic mass is 35.5. The van der Waals surface area contributed by atoms with Crippen LogP contribution >= 0.6 is 12.4 Å². The van der Waals surface area contributed by atoms with E-state index in [1.165, 1.54) is 23.8 Å². The number of H-pyrrole nitrogens is 1. The number of piperidine rings is 1. The molecule has 9 heteroatoms. The lowest BCUT2D eigenvalue weighted by Crippen LogP contribution is -2.42. The van der Waals surface area contributed by atoms with Crippen molar-refractivity contribution in [2.45, 2.75) is 44.4 Å². The number of anilines is 1. The zero-order chi connectivity index (χ0) is 24.1. The molecule has 1 aliphatic heterocycles. The van der Waals surface area contributed by atoms with Gasteiger partial charge in [-0.15, -0.1) is 12.4 Å². The smallest absolute Gasteiger partial charge is 0.291 e. The number of rotatable bonds is 6. The highest BCUT2D eigenvalue weighted by Gasteiger charge is 2.25. The lowest BCUT2D eigenvalue weighted by atomic mass is 9.85. The molecule has 0 spiro atoms. The van der Waals surface area contributed by atoms with Crippen LogP contribution in [0.3, 0.4) is 0 Å². The molecule has 0 unspecified atom stereocenters. The molecule has 186 valence electrons. The van der Waals surface area contributed by atoms with E-state index in [0.717, 1.165) is 56.4 Å². The number of carbonyl (C=O) groups excluding carboxylic acids is 2. The van der Waals surface area contributed by atoms with Crippen molar-refractivity contribution in [3.05, 3.63) is 53.1 Å². The number of benzene rings is 1. The van der Waals surface area contributed by atoms with Gasteiger partial charge in [-0.1, -0.05) is 12.1 Å². The molecule has 2 aliphatic rings. The van der Waals surface area contributed by atoms with Crippen LogP contribution in [0.25, 0.3) is 5.57 Å². The molecule has 2 N–H and O–H groups in total. The highest BCUT2D eigenvalue weighted by Crippen LogP contribution is 2.36. The summed E-state index contributed by atoms with van der Waals surface area (Å²) < 4.78 is 0. The molecule has 0 atom stereocenters. The largest absolute Gasteiger partial charge is 0.342 e. The van der Waals surface area contributed by atoms with Crippen molar-refractivity contribution in [1.29, 1.82) is 5.26 Å². The lowest BCUT2D eigenvalue weighted by molar-refractivity contribution is -0.132. The van der Waals surface area contributed by atoms with Gasteiger partial charge in [0.15, 0.2) is 11.5 Å². The summed E-state index contributed by atoms with van der Waals surface area (Å²) in [5, 5.41) is 12.0. The van der Waals surface area contributed by atoms with Crippen LogP contribution < -0.4 is 5.32 Å². The number of nitriles is 1. The summed E-state index contributed by atoms with van der Waals surface area (Å²) >= 11 is 0. The zero-order valence-electron chi connectivity index (χ0n) is 20.3. The van der Waals surface area contributed by atoms with Gasteiger partial charge in [0, 0.05) is 30.5 Å². The summed E-state index contributed by atoms with van der Waals surface area (Å²) in [6.07, 6.45) is 9.94. The average molecular weight is 497 g/mol. The van der Waals surface area contributed by atoms with E-state index < -0.39 is 0 Å². The van der Waals surface area contributed by atoms with Crippen LogP contribution in [0.1, 0.15) is 71.9 Å². The second-order valence-electron chi connectivity index (χ2n) is 9.37. The summed E-state index contributed by atoms with van der Waals surface area (Å²) in [5.41, 5.74) is 4.52. The fraction of sp³-hybridized carbons (Fsp3) is 0.462.